The molecule has 1 amide bonds. The second-order valence-electron chi connectivity index (χ2n) is 5.84. The first kappa shape index (κ1) is 14.5. The first-order valence-corrected chi connectivity index (χ1v) is 7.04. The predicted molar refractivity (Wildman–Crippen MR) is 71.9 cm³/mol. The molecule has 1 aliphatic carbocycles. The molecule has 100 valence electrons. The van der Waals surface area contributed by atoms with Gasteiger partial charge in [-0.05, 0) is 38.1 Å². The van der Waals surface area contributed by atoms with Gasteiger partial charge in [0.05, 0.1) is 6.04 Å². The van der Waals surface area contributed by atoms with E-state index in [2.05, 4.69) is 31.4 Å². The topological polar surface area (TPSA) is 41.1 Å². The molecule has 0 aliphatic heterocycles. The average Bonchev–Trinajstić information content (AvgIpc) is 2.77. The van der Waals surface area contributed by atoms with Gasteiger partial charge in [-0.1, -0.05) is 33.6 Å². The molecule has 0 radical (unpaired) electrons. The van der Waals surface area contributed by atoms with Gasteiger partial charge in [-0.2, -0.15) is 0 Å². The maximum absolute atomic E-state index is 11.9. The Hall–Kier alpha value is -0.570. The van der Waals surface area contributed by atoms with E-state index >= 15 is 0 Å². The Morgan fingerprint density at radius 1 is 1.18 bits per heavy atom. The summed E-state index contributed by atoms with van der Waals surface area (Å²) in [6, 6.07) is 0.353. The highest BCUT2D eigenvalue weighted by molar-refractivity contribution is 5.81. The van der Waals surface area contributed by atoms with Crippen molar-refractivity contribution in [2.24, 2.45) is 11.8 Å². The third-order valence-electron chi connectivity index (χ3n) is 3.98. The summed E-state index contributed by atoms with van der Waals surface area (Å²) in [5, 5.41) is 6.46. The van der Waals surface area contributed by atoms with Gasteiger partial charge in [0.15, 0.2) is 0 Å². The fraction of sp³-hybridized carbons (Fsp3) is 0.929. The molecule has 3 heteroatoms. The van der Waals surface area contributed by atoms with Gasteiger partial charge in [0.2, 0.25) is 5.91 Å². The number of carbonyl (C=O) groups excluding carboxylic acids is 1. The first-order valence-electron chi connectivity index (χ1n) is 7.04. The summed E-state index contributed by atoms with van der Waals surface area (Å²) >= 11 is 0. The fourth-order valence-electron chi connectivity index (χ4n) is 2.09. The van der Waals surface area contributed by atoms with E-state index < -0.39 is 0 Å². The Morgan fingerprint density at radius 2 is 1.76 bits per heavy atom. The van der Waals surface area contributed by atoms with E-state index in [9.17, 15) is 4.79 Å². The van der Waals surface area contributed by atoms with E-state index in [0.717, 1.165) is 19.4 Å². The lowest BCUT2D eigenvalue weighted by atomic mass is 9.98. The molecule has 0 aromatic rings. The van der Waals surface area contributed by atoms with Crippen LogP contribution in [0.15, 0.2) is 0 Å². The van der Waals surface area contributed by atoms with Gasteiger partial charge in [0, 0.05) is 6.04 Å². The van der Waals surface area contributed by atoms with Crippen molar-refractivity contribution in [2.75, 3.05) is 6.54 Å². The lowest BCUT2D eigenvalue weighted by Gasteiger charge is -2.21. The molecule has 0 heterocycles. The maximum Gasteiger partial charge on any atom is 0.237 e. The molecule has 0 aromatic carbocycles. The summed E-state index contributed by atoms with van der Waals surface area (Å²) in [7, 11) is 0. The van der Waals surface area contributed by atoms with Crippen LogP contribution in [0.1, 0.15) is 53.4 Å². The molecule has 2 N–H and O–H groups in total. The summed E-state index contributed by atoms with van der Waals surface area (Å²) in [4.78, 5) is 11.9. The zero-order chi connectivity index (χ0) is 12.8. The zero-order valence-electron chi connectivity index (χ0n) is 11.8. The summed E-state index contributed by atoms with van der Waals surface area (Å²) in [6.45, 7) is 9.53. The van der Waals surface area contributed by atoms with Crippen molar-refractivity contribution in [2.45, 2.75) is 65.5 Å². The summed E-state index contributed by atoms with van der Waals surface area (Å²) < 4.78 is 0. The van der Waals surface area contributed by atoms with Gasteiger partial charge in [-0.3, -0.25) is 4.79 Å². The number of amides is 1. The van der Waals surface area contributed by atoms with E-state index in [4.69, 9.17) is 0 Å². The minimum atomic E-state index is -0.0724. The van der Waals surface area contributed by atoms with Crippen molar-refractivity contribution >= 4 is 5.91 Å². The van der Waals surface area contributed by atoms with Crippen molar-refractivity contribution < 1.29 is 4.79 Å². The Labute approximate surface area is 106 Å². The largest absolute Gasteiger partial charge is 0.352 e. The maximum atomic E-state index is 11.9. The van der Waals surface area contributed by atoms with Crippen LogP contribution in [0, 0.1) is 11.8 Å². The molecular formula is C14H28N2O. The van der Waals surface area contributed by atoms with E-state index in [-0.39, 0.29) is 11.9 Å². The third kappa shape index (κ3) is 5.07. The number of rotatable bonds is 6. The minimum Gasteiger partial charge on any atom is -0.352 e. The number of carbonyl (C=O) groups is 1. The monoisotopic (exact) mass is 240 g/mol. The van der Waals surface area contributed by atoms with Crippen LogP contribution in [0.2, 0.25) is 0 Å². The molecule has 17 heavy (non-hydrogen) atoms. The normalized spacial score (nSPS) is 20.5. The third-order valence-corrected chi connectivity index (χ3v) is 3.98. The molecule has 1 fully saturated rings. The van der Waals surface area contributed by atoms with Crippen LogP contribution in [-0.2, 0) is 4.79 Å². The van der Waals surface area contributed by atoms with Crippen molar-refractivity contribution in [1.82, 2.24) is 10.6 Å². The summed E-state index contributed by atoms with van der Waals surface area (Å²) in [5.41, 5.74) is 0. The van der Waals surface area contributed by atoms with E-state index in [1.54, 1.807) is 0 Å². The van der Waals surface area contributed by atoms with E-state index in [0.29, 0.717) is 17.9 Å². The quantitative estimate of drug-likeness (QED) is 0.748. The van der Waals surface area contributed by atoms with E-state index in [1.807, 2.05) is 6.92 Å². The van der Waals surface area contributed by atoms with Crippen LogP contribution in [0.5, 0.6) is 0 Å². The molecule has 0 aromatic heterocycles. The van der Waals surface area contributed by atoms with Gasteiger partial charge in [0.1, 0.15) is 0 Å². The van der Waals surface area contributed by atoms with Crippen molar-refractivity contribution in [3.63, 3.8) is 0 Å². The van der Waals surface area contributed by atoms with Crippen LogP contribution >= 0.6 is 0 Å². The SMILES string of the molecule is CC(NCC(C)C(C)C)C(=O)NC1CCCC1. The molecule has 0 saturated heterocycles. The molecule has 1 rings (SSSR count). The lowest BCUT2D eigenvalue weighted by molar-refractivity contribution is -0.123. The Balaban J connectivity index is 2.21. The Morgan fingerprint density at radius 3 is 2.29 bits per heavy atom. The first-order chi connectivity index (χ1) is 8.00. The molecule has 1 saturated carbocycles. The highest BCUT2D eigenvalue weighted by Crippen LogP contribution is 2.17. The molecule has 0 spiro atoms. The predicted octanol–water partition coefficient (Wildman–Crippen LogP) is 2.32. The second-order valence-corrected chi connectivity index (χ2v) is 5.84. The highest BCUT2D eigenvalue weighted by Gasteiger charge is 2.20. The highest BCUT2D eigenvalue weighted by atomic mass is 16.2. The lowest BCUT2D eigenvalue weighted by Crippen LogP contribution is -2.46. The molecular weight excluding hydrogens is 212 g/mol. The fourth-order valence-corrected chi connectivity index (χ4v) is 2.09. The van der Waals surface area contributed by atoms with Gasteiger partial charge >= 0.3 is 0 Å². The zero-order valence-corrected chi connectivity index (χ0v) is 11.8. The molecule has 1 aliphatic rings. The molecule has 2 atom stereocenters. The van der Waals surface area contributed by atoms with Crippen LogP contribution in [-0.4, -0.2) is 24.5 Å². The molecule has 2 unspecified atom stereocenters. The average molecular weight is 240 g/mol. The number of hydrogen-bond donors (Lipinski definition) is 2. The van der Waals surface area contributed by atoms with Crippen LogP contribution in [0.25, 0.3) is 0 Å². The Kier molecular flexibility index (Phi) is 5.96. The minimum absolute atomic E-state index is 0.0724. The van der Waals surface area contributed by atoms with Gasteiger partial charge in [0.25, 0.3) is 0 Å². The van der Waals surface area contributed by atoms with Gasteiger partial charge in [-0.25, -0.2) is 0 Å². The van der Waals surface area contributed by atoms with Crippen molar-refractivity contribution in [3.05, 3.63) is 0 Å². The van der Waals surface area contributed by atoms with Gasteiger partial charge in [-0.15, -0.1) is 0 Å². The number of hydrogen-bond acceptors (Lipinski definition) is 2. The smallest absolute Gasteiger partial charge is 0.237 e. The van der Waals surface area contributed by atoms with Crippen LogP contribution in [0.4, 0.5) is 0 Å². The van der Waals surface area contributed by atoms with Gasteiger partial charge < -0.3 is 10.6 Å². The molecule has 3 nitrogen and oxygen atoms in total. The van der Waals surface area contributed by atoms with Crippen molar-refractivity contribution in [3.8, 4) is 0 Å². The van der Waals surface area contributed by atoms with Crippen molar-refractivity contribution in [1.29, 1.82) is 0 Å². The summed E-state index contributed by atoms with van der Waals surface area (Å²) in [6.07, 6.45) is 4.83. The second kappa shape index (κ2) is 7.00. The van der Waals surface area contributed by atoms with Crippen LogP contribution < -0.4 is 10.6 Å². The Bertz CT molecular complexity index is 234. The molecule has 0 bridgehead atoms. The number of nitrogens with one attached hydrogen (secondary N) is 2. The summed E-state index contributed by atoms with van der Waals surface area (Å²) in [5.74, 6) is 1.43. The van der Waals surface area contributed by atoms with Crippen LogP contribution in [0.3, 0.4) is 0 Å². The standard InChI is InChI=1S/C14H28N2O/c1-10(2)11(3)9-15-12(4)14(17)16-13-7-5-6-8-13/h10-13,15H,5-9H2,1-4H3,(H,16,17). The van der Waals surface area contributed by atoms with E-state index in [1.165, 1.54) is 12.8 Å².